The van der Waals surface area contributed by atoms with Crippen molar-refractivity contribution in [1.29, 1.82) is 0 Å². The molecule has 0 saturated carbocycles. The second-order valence-electron chi connectivity index (χ2n) is 7.14. The van der Waals surface area contributed by atoms with Crippen molar-refractivity contribution in [2.24, 2.45) is 5.73 Å². The van der Waals surface area contributed by atoms with Crippen LogP contribution in [0.5, 0.6) is 0 Å². The van der Waals surface area contributed by atoms with E-state index < -0.39 is 16.6 Å². The smallest absolute Gasteiger partial charge is 0.413 e. The van der Waals surface area contributed by atoms with Crippen LogP contribution in [-0.4, -0.2) is 50.3 Å². The molecule has 2 aromatic rings. The number of carbonyl (C=O) groups is 1. The lowest BCUT2D eigenvalue weighted by atomic mass is 10.2. The molecule has 3 N–H and O–H groups in total. The molecule has 0 aliphatic carbocycles. The van der Waals surface area contributed by atoms with Gasteiger partial charge in [-0.15, -0.1) is 0 Å². The summed E-state index contributed by atoms with van der Waals surface area (Å²) >= 11 is 0. The number of nitrogens with zero attached hydrogens (tertiary/aromatic N) is 5. The highest BCUT2D eigenvalue weighted by Gasteiger charge is 2.26. The molecule has 1 fully saturated rings. The van der Waals surface area contributed by atoms with Gasteiger partial charge in [0.1, 0.15) is 23.4 Å². The third-order valence-electron chi connectivity index (χ3n) is 3.81. The molecule has 26 heavy (non-hydrogen) atoms. The average Bonchev–Trinajstić information content (AvgIpc) is 3.11. The molecule has 3 rings (SSSR count). The number of fused-ring (bicyclic) bond motifs is 1. The van der Waals surface area contributed by atoms with Gasteiger partial charge in [0.2, 0.25) is 5.65 Å². The lowest BCUT2D eigenvalue weighted by molar-refractivity contribution is -0.383. The molecular weight excluding hydrogens is 342 g/mol. The summed E-state index contributed by atoms with van der Waals surface area (Å²) in [4.78, 5) is 29.1. The van der Waals surface area contributed by atoms with Crippen LogP contribution in [0.15, 0.2) is 12.3 Å². The van der Waals surface area contributed by atoms with Crippen LogP contribution >= 0.6 is 0 Å². The molecule has 1 aliphatic heterocycles. The molecule has 1 amide bonds. The molecule has 0 radical (unpaired) electrons. The highest BCUT2D eigenvalue weighted by atomic mass is 16.6. The van der Waals surface area contributed by atoms with E-state index in [0.29, 0.717) is 18.9 Å². The highest BCUT2D eigenvalue weighted by Crippen LogP contribution is 2.27. The Hall–Kier alpha value is -2.95. The maximum absolute atomic E-state index is 12.1. The second kappa shape index (κ2) is 6.41. The zero-order valence-electron chi connectivity index (χ0n) is 14.8. The Morgan fingerprint density at radius 1 is 1.50 bits per heavy atom. The molecule has 140 valence electrons. The molecule has 11 heteroatoms. The predicted molar refractivity (Wildman–Crippen MR) is 94.3 cm³/mol. The van der Waals surface area contributed by atoms with Crippen LogP contribution in [0.2, 0.25) is 0 Å². The fourth-order valence-corrected chi connectivity index (χ4v) is 2.72. The van der Waals surface area contributed by atoms with E-state index in [9.17, 15) is 14.9 Å². The van der Waals surface area contributed by atoms with Gasteiger partial charge in [-0.25, -0.2) is 9.78 Å². The van der Waals surface area contributed by atoms with Gasteiger partial charge in [-0.2, -0.15) is 9.61 Å². The number of carbonyl (C=O) groups excluding carboxylic acids is 1. The lowest BCUT2D eigenvalue weighted by Gasteiger charge is -2.21. The van der Waals surface area contributed by atoms with Crippen LogP contribution < -0.4 is 16.0 Å². The molecule has 11 nitrogen and oxygen atoms in total. The van der Waals surface area contributed by atoms with E-state index in [1.165, 1.54) is 4.52 Å². The number of hydrogen-bond donors (Lipinski definition) is 2. The number of anilines is 2. The predicted octanol–water partition coefficient (Wildman–Crippen LogP) is 1.52. The molecule has 3 heterocycles. The Kier molecular flexibility index (Phi) is 4.40. The average molecular weight is 363 g/mol. The minimum Gasteiger partial charge on any atom is -0.444 e. The van der Waals surface area contributed by atoms with Gasteiger partial charge in [-0.05, 0) is 27.2 Å². The maximum atomic E-state index is 12.1. The number of nitro groups is 1. The molecule has 0 spiro atoms. The van der Waals surface area contributed by atoms with E-state index in [2.05, 4.69) is 15.4 Å². The zero-order chi connectivity index (χ0) is 19.1. The summed E-state index contributed by atoms with van der Waals surface area (Å²) in [6, 6.07) is 1.61. The van der Waals surface area contributed by atoms with Crippen molar-refractivity contribution in [1.82, 2.24) is 14.6 Å². The van der Waals surface area contributed by atoms with Crippen LogP contribution in [0.3, 0.4) is 0 Å². The summed E-state index contributed by atoms with van der Waals surface area (Å²) in [5.41, 5.74) is 5.05. The molecule has 1 aliphatic rings. The number of nitrogens with two attached hydrogens (primary N) is 1. The second-order valence-corrected chi connectivity index (χ2v) is 7.14. The Labute approximate surface area is 149 Å². The molecular formula is C15H21N7O4. The van der Waals surface area contributed by atoms with Crippen molar-refractivity contribution in [3.8, 4) is 0 Å². The Bertz CT molecular complexity index is 858. The molecule has 1 atom stereocenters. The summed E-state index contributed by atoms with van der Waals surface area (Å²) in [6.45, 7) is 6.48. The minimum absolute atomic E-state index is 0.00943. The Morgan fingerprint density at radius 3 is 2.81 bits per heavy atom. The number of ether oxygens (including phenoxy) is 1. The van der Waals surface area contributed by atoms with Crippen LogP contribution in [0.1, 0.15) is 27.2 Å². The van der Waals surface area contributed by atoms with Crippen molar-refractivity contribution < 1.29 is 14.5 Å². The summed E-state index contributed by atoms with van der Waals surface area (Å²) in [7, 11) is 0. The van der Waals surface area contributed by atoms with E-state index in [-0.39, 0.29) is 23.2 Å². The largest absolute Gasteiger partial charge is 0.444 e. The first kappa shape index (κ1) is 17.9. The number of amides is 1. The van der Waals surface area contributed by atoms with Crippen LogP contribution in [0.25, 0.3) is 5.65 Å². The topological polar surface area (TPSA) is 141 Å². The van der Waals surface area contributed by atoms with E-state index in [1.54, 1.807) is 26.8 Å². The van der Waals surface area contributed by atoms with E-state index in [1.807, 2.05) is 4.90 Å². The number of nitrogens with one attached hydrogen (secondary N) is 1. The lowest BCUT2D eigenvalue weighted by Crippen LogP contribution is -2.29. The van der Waals surface area contributed by atoms with Crippen LogP contribution in [0.4, 0.5) is 22.1 Å². The summed E-state index contributed by atoms with van der Waals surface area (Å²) in [5.74, 6) is 0.716. The highest BCUT2D eigenvalue weighted by molar-refractivity contribution is 5.85. The van der Waals surface area contributed by atoms with Crippen molar-refractivity contribution in [2.75, 3.05) is 23.3 Å². The van der Waals surface area contributed by atoms with Crippen molar-refractivity contribution in [2.45, 2.75) is 38.8 Å². The molecule has 0 aromatic carbocycles. The van der Waals surface area contributed by atoms with Gasteiger partial charge in [-0.1, -0.05) is 0 Å². The quantitative estimate of drug-likeness (QED) is 0.617. The number of hydrogen-bond acceptors (Lipinski definition) is 8. The van der Waals surface area contributed by atoms with Gasteiger partial charge in [0.25, 0.3) is 0 Å². The molecule has 2 aromatic heterocycles. The summed E-state index contributed by atoms with van der Waals surface area (Å²) in [5, 5.41) is 17.8. The summed E-state index contributed by atoms with van der Waals surface area (Å²) in [6.07, 6.45) is 1.21. The first-order valence-electron chi connectivity index (χ1n) is 8.18. The minimum atomic E-state index is -0.688. The monoisotopic (exact) mass is 363 g/mol. The number of aromatic nitrogens is 3. The summed E-state index contributed by atoms with van der Waals surface area (Å²) < 4.78 is 6.46. The van der Waals surface area contributed by atoms with Gasteiger partial charge in [0.05, 0.1) is 4.92 Å². The molecule has 0 bridgehead atoms. The van der Waals surface area contributed by atoms with Gasteiger partial charge >= 0.3 is 11.8 Å². The van der Waals surface area contributed by atoms with E-state index in [0.717, 1.165) is 12.6 Å². The standard InChI is InChI=1S/C15H21N7O4/c1-15(2,3)26-14(23)19-12-6-11(20-5-4-9(16)8-20)18-13-10(22(24)25)7-17-21(12)13/h6-7,9H,4-5,8,16H2,1-3H3,(H,19,23)/t9-/m0/s1. The Morgan fingerprint density at radius 2 is 2.23 bits per heavy atom. The maximum Gasteiger partial charge on any atom is 0.413 e. The Balaban J connectivity index is 2.02. The van der Waals surface area contributed by atoms with E-state index >= 15 is 0 Å². The first-order valence-corrected chi connectivity index (χ1v) is 8.18. The van der Waals surface area contributed by atoms with Crippen molar-refractivity contribution in [3.05, 3.63) is 22.4 Å². The van der Waals surface area contributed by atoms with Crippen molar-refractivity contribution in [3.63, 3.8) is 0 Å². The molecule has 1 saturated heterocycles. The molecule has 0 unspecified atom stereocenters. The van der Waals surface area contributed by atoms with Crippen molar-refractivity contribution >= 4 is 29.1 Å². The van der Waals surface area contributed by atoms with Gasteiger partial charge in [0.15, 0.2) is 0 Å². The fourth-order valence-electron chi connectivity index (χ4n) is 2.72. The third-order valence-corrected chi connectivity index (χ3v) is 3.81. The van der Waals surface area contributed by atoms with Crippen LogP contribution in [0, 0.1) is 10.1 Å². The fraction of sp³-hybridized carbons (Fsp3) is 0.533. The van der Waals surface area contributed by atoms with Gasteiger partial charge in [-0.3, -0.25) is 15.4 Å². The SMILES string of the molecule is CC(C)(C)OC(=O)Nc1cc(N2CC[C@H](N)C2)nc2c([N+](=O)[O-])cnn12. The van der Waals surface area contributed by atoms with Gasteiger partial charge < -0.3 is 15.4 Å². The van der Waals surface area contributed by atoms with Crippen LogP contribution in [-0.2, 0) is 4.74 Å². The third kappa shape index (κ3) is 3.67. The van der Waals surface area contributed by atoms with E-state index in [4.69, 9.17) is 10.5 Å². The van der Waals surface area contributed by atoms with Gasteiger partial charge in [0, 0.05) is 25.2 Å². The zero-order valence-corrected chi connectivity index (χ0v) is 14.8. The number of rotatable bonds is 3. The normalized spacial score (nSPS) is 17.5. The first-order chi connectivity index (χ1) is 12.1.